The molecule has 1 aromatic carbocycles. The number of aromatic nitrogens is 1. The lowest BCUT2D eigenvalue weighted by Gasteiger charge is -2.34. The molecule has 0 spiro atoms. The summed E-state index contributed by atoms with van der Waals surface area (Å²) in [6, 6.07) is 0.510. The van der Waals surface area contributed by atoms with E-state index in [1.165, 1.54) is 17.4 Å². The van der Waals surface area contributed by atoms with Crippen molar-refractivity contribution in [3.63, 3.8) is 0 Å². The number of hydrogen-bond acceptors (Lipinski definition) is 7. The summed E-state index contributed by atoms with van der Waals surface area (Å²) >= 11 is 7.35. The van der Waals surface area contributed by atoms with Gasteiger partial charge in [-0.15, -0.1) is 11.3 Å². The molecule has 34 heavy (non-hydrogen) atoms. The van der Waals surface area contributed by atoms with Crippen LogP contribution in [0, 0.1) is 17.6 Å². The maximum absolute atomic E-state index is 14.3. The van der Waals surface area contributed by atoms with Gasteiger partial charge < -0.3 is 10.4 Å². The van der Waals surface area contributed by atoms with Gasteiger partial charge in [0.2, 0.25) is 0 Å². The fraction of sp³-hybridized carbons (Fsp3) is 0.350. The summed E-state index contributed by atoms with van der Waals surface area (Å²) in [6.07, 6.45) is 3.33. The van der Waals surface area contributed by atoms with Gasteiger partial charge in [0.25, 0.3) is 10.2 Å². The average molecular weight is 532 g/mol. The van der Waals surface area contributed by atoms with Crippen molar-refractivity contribution in [3.05, 3.63) is 62.2 Å². The molecule has 1 saturated carbocycles. The second kappa shape index (κ2) is 9.66. The number of nitrogens with one attached hydrogen (secondary N) is 2. The van der Waals surface area contributed by atoms with Crippen molar-refractivity contribution in [1.82, 2.24) is 15.0 Å². The Morgan fingerprint density at radius 3 is 2.56 bits per heavy atom. The standard InChI is InChI=1S/C20H20ClF2N5O4S2/c21-14-11(5-6-12(22)15(14)23)17-13(20(29)30)16(26-18(27-17)19-25-7-8-33-19)9-1-3-10(4-2-9)28-34(24,31)32/h5-10,17,28H,1-4H2,(H,26,27)(H,29,30)(H2,24,31,32). The number of aliphatic carboxylic acids is 1. The zero-order valence-corrected chi connectivity index (χ0v) is 19.9. The normalized spacial score (nSPS) is 23.4. The van der Waals surface area contributed by atoms with Crippen molar-refractivity contribution in [3.8, 4) is 0 Å². The third-order valence-electron chi connectivity index (χ3n) is 5.77. The van der Waals surface area contributed by atoms with E-state index < -0.39 is 38.9 Å². The highest BCUT2D eigenvalue weighted by atomic mass is 35.5. The zero-order chi connectivity index (χ0) is 24.6. The van der Waals surface area contributed by atoms with Gasteiger partial charge in [-0.1, -0.05) is 17.7 Å². The molecule has 182 valence electrons. The number of thiazole rings is 1. The van der Waals surface area contributed by atoms with Crippen LogP contribution in [0.2, 0.25) is 5.02 Å². The van der Waals surface area contributed by atoms with Gasteiger partial charge in [-0.25, -0.2) is 23.7 Å². The molecule has 0 bridgehead atoms. The Labute approximate surface area is 202 Å². The summed E-state index contributed by atoms with van der Waals surface area (Å²) in [5, 5.41) is 19.9. The van der Waals surface area contributed by atoms with Crippen molar-refractivity contribution in [2.45, 2.75) is 37.8 Å². The highest BCUT2D eigenvalue weighted by molar-refractivity contribution is 7.87. The molecule has 1 aliphatic heterocycles. The molecule has 5 N–H and O–H groups in total. The molecule has 1 atom stereocenters. The topological polar surface area (TPSA) is 147 Å². The summed E-state index contributed by atoms with van der Waals surface area (Å²) in [5.41, 5.74) is 0.222. The van der Waals surface area contributed by atoms with Crippen LogP contribution >= 0.6 is 22.9 Å². The SMILES string of the molecule is NS(=O)(=O)NC1CCC(C2=C(C(=O)O)C(c3ccc(F)c(F)c3Cl)N=C(c3nccs3)N2)CC1. The molecule has 0 radical (unpaired) electrons. The third-order valence-corrected chi connectivity index (χ3v) is 7.59. The van der Waals surface area contributed by atoms with E-state index in [0.29, 0.717) is 36.4 Å². The molecule has 2 aromatic rings. The van der Waals surface area contributed by atoms with Crippen LogP contribution < -0.4 is 15.2 Å². The number of carboxylic acid groups (broad SMARTS) is 1. The van der Waals surface area contributed by atoms with Gasteiger partial charge >= 0.3 is 5.97 Å². The molecule has 0 amide bonds. The molecule has 1 aliphatic carbocycles. The predicted molar refractivity (Wildman–Crippen MR) is 123 cm³/mol. The van der Waals surface area contributed by atoms with Crippen LogP contribution in [0.25, 0.3) is 0 Å². The monoisotopic (exact) mass is 531 g/mol. The Bertz CT molecular complexity index is 1280. The molecule has 1 aromatic heterocycles. The Morgan fingerprint density at radius 1 is 1.26 bits per heavy atom. The van der Waals surface area contributed by atoms with Gasteiger partial charge in [0.1, 0.15) is 6.04 Å². The van der Waals surface area contributed by atoms with Crippen LogP contribution in [-0.4, -0.2) is 36.4 Å². The number of benzene rings is 1. The molecule has 2 aliphatic rings. The fourth-order valence-electron chi connectivity index (χ4n) is 4.28. The Hall–Kier alpha value is -2.45. The van der Waals surface area contributed by atoms with Crippen LogP contribution in [0.3, 0.4) is 0 Å². The molecule has 1 unspecified atom stereocenters. The Kier molecular flexibility index (Phi) is 7.01. The lowest BCUT2D eigenvalue weighted by atomic mass is 9.80. The molecular weight excluding hydrogens is 512 g/mol. The molecule has 1 fully saturated rings. The van der Waals surface area contributed by atoms with Gasteiger partial charge in [-0.05, 0) is 37.7 Å². The predicted octanol–water partition coefficient (Wildman–Crippen LogP) is 2.86. The summed E-state index contributed by atoms with van der Waals surface area (Å²) in [5.74, 6) is -3.75. The maximum atomic E-state index is 14.3. The van der Waals surface area contributed by atoms with E-state index in [4.69, 9.17) is 16.7 Å². The number of amidine groups is 1. The van der Waals surface area contributed by atoms with Gasteiger partial charge in [0.15, 0.2) is 22.5 Å². The first-order chi connectivity index (χ1) is 16.0. The van der Waals surface area contributed by atoms with Crippen LogP contribution in [0.5, 0.6) is 0 Å². The van der Waals surface area contributed by atoms with Crippen molar-refractivity contribution in [2.24, 2.45) is 16.0 Å². The van der Waals surface area contributed by atoms with E-state index in [-0.39, 0.29) is 28.9 Å². The number of nitrogens with zero attached hydrogens (tertiary/aromatic N) is 2. The van der Waals surface area contributed by atoms with Crippen LogP contribution in [0.15, 0.2) is 40.0 Å². The fourth-order valence-corrected chi connectivity index (χ4v) is 5.83. The van der Waals surface area contributed by atoms with E-state index in [1.54, 1.807) is 11.6 Å². The van der Waals surface area contributed by atoms with Gasteiger partial charge in [-0.2, -0.15) is 13.1 Å². The van der Waals surface area contributed by atoms with Gasteiger partial charge in [-0.3, -0.25) is 4.99 Å². The van der Waals surface area contributed by atoms with Crippen molar-refractivity contribution < 1.29 is 27.1 Å². The van der Waals surface area contributed by atoms with E-state index in [9.17, 15) is 27.1 Å². The molecular formula is C20H20ClF2N5O4S2. The number of allylic oxidation sites excluding steroid dienone is 1. The van der Waals surface area contributed by atoms with Crippen LogP contribution in [-0.2, 0) is 15.0 Å². The minimum atomic E-state index is -3.86. The molecule has 14 heteroatoms. The van der Waals surface area contributed by atoms with Crippen LogP contribution in [0.1, 0.15) is 42.3 Å². The van der Waals surface area contributed by atoms with Gasteiger partial charge in [0, 0.05) is 28.9 Å². The first-order valence-electron chi connectivity index (χ1n) is 10.2. The Morgan fingerprint density at radius 2 is 1.97 bits per heavy atom. The number of nitrogens with two attached hydrogens (primary N) is 1. The van der Waals surface area contributed by atoms with Crippen LogP contribution in [0.4, 0.5) is 8.78 Å². The number of rotatable bonds is 6. The van der Waals surface area contributed by atoms with Crippen molar-refractivity contribution >= 4 is 45.0 Å². The van der Waals surface area contributed by atoms with E-state index >= 15 is 0 Å². The second-order valence-electron chi connectivity index (χ2n) is 7.95. The summed E-state index contributed by atoms with van der Waals surface area (Å²) in [7, 11) is -3.86. The summed E-state index contributed by atoms with van der Waals surface area (Å²) in [4.78, 5) is 21.1. The minimum absolute atomic E-state index is 0.00982. The Balaban J connectivity index is 1.76. The number of halogens is 3. The first-order valence-corrected chi connectivity index (χ1v) is 13.0. The molecule has 0 saturated heterocycles. The average Bonchev–Trinajstić information content (AvgIpc) is 3.31. The molecule has 9 nitrogen and oxygen atoms in total. The first kappa shape index (κ1) is 24.7. The largest absolute Gasteiger partial charge is 0.478 e. The van der Waals surface area contributed by atoms with E-state index in [2.05, 4.69) is 20.0 Å². The van der Waals surface area contributed by atoms with E-state index in [0.717, 1.165) is 6.07 Å². The smallest absolute Gasteiger partial charge is 0.335 e. The lowest BCUT2D eigenvalue weighted by Crippen LogP contribution is -2.43. The number of carboxylic acids is 1. The number of aliphatic imine (C=N–C) groups is 1. The molecule has 4 rings (SSSR count). The zero-order valence-electron chi connectivity index (χ0n) is 17.5. The molecule has 2 heterocycles. The summed E-state index contributed by atoms with van der Waals surface area (Å²) < 4.78 is 53.1. The highest BCUT2D eigenvalue weighted by Gasteiger charge is 2.38. The third kappa shape index (κ3) is 5.13. The minimum Gasteiger partial charge on any atom is -0.478 e. The lowest BCUT2D eigenvalue weighted by molar-refractivity contribution is -0.133. The number of carbonyl (C=O) groups is 1. The highest BCUT2D eigenvalue weighted by Crippen LogP contribution is 2.41. The second-order valence-corrected chi connectivity index (χ2v) is 10.5. The summed E-state index contributed by atoms with van der Waals surface area (Å²) in [6.45, 7) is 0. The van der Waals surface area contributed by atoms with Gasteiger partial charge in [0.05, 0.1) is 10.6 Å². The van der Waals surface area contributed by atoms with E-state index in [1.807, 2.05) is 0 Å². The maximum Gasteiger partial charge on any atom is 0.335 e. The number of hydrogen-bond donors (Lipinski definition) is 4. The van der Waals surface area contributed by atoms with Crippen molar-refractivity contribution in [1.29, 1.82) is 0 Å². The van der Waals surface area contributed by atoms with Crippen molar-refractivity contribution in [2.75, 3.05) is 0 Å². The quantitative estimate of drug-likeness (QED) is 0.421.